The van der Waals surface area contributed by atoms with Crippen LogP contribution in [-0.4, -0.2) is 79.1 Å². The lowest BCUT2D eigenvalue weighted by Gasteiger charge is -2.34. The van der Waals surface area contributed by atoms with Crippen LogP contribution in [0.5, 0.6) is 0 Å². The standard InChI is InChI=1S/C33H40FN3O3/c1-3-36(4-2)33(39)40-23-28-22-37(32(38)31-11-7-9-26-8-5-6-10-30(26)31)21-27(28)20-35-18-16-25(17-19-35)24-12-14-29(34)15-13-24/h5-15,25,27-28H,3-4,16-23H2,1-2H3. The first-order chi connectivity index (χ1) is 19.5. The van der Waals surface area contributed by atoms with Crippen LogP contribution in [0.25, 0.3) is 10.8 Å². The summed E-state index contributed by atoms with van der Waals surface area (Å²) in [6.07, 6.45) is 1.76. The van der Waals surface area contributed by atoms with Crippen LogP contribution in [0.4, 0.5) is 9.18 Å². The van der Waals surface area contributed by atoms with Crippen LogP contribution < -0.4 is 0 Å². The van der Waals surface area contributed by atoms with Crippen LogP contribution >= 0.6 is 0 Å². The summed E-state index contributed by atoms with van der Waals surface area (Å²) in [7, 11) is 0. The van der Waals surface area contributed by atoms with Gasteiger partial charge in [0, 0.05) is 44.2 Å². The number of hydrogen-bond acceptors (Lipinski definition) is 4. The fourth-order valence-electron chi connectivity index (χ4n) is 6.35. The molecular formula is C33H40FN3O3. The largest absolute Gasteiger partial charge is 0.449 e. The SMILES string of the molecule is CCN(CC)C(=O)OCC1CN(C(=O)c2cccc3ccccc23)CC1CN1CCC(c2ccc(F)cc2)CC1. The third kappa shape index (κ3) is 6.30. The van der Waals surface area contributed by atoms with Gasteiger partial charge in [-0.15, -0.1) is 0 Å². The number of amides is 2. The van der Waals surface area contributed by atoms with E-state index < -0.39 is 0 Å². The molecule has 0 bridgehead atoms. The van der Waals surface area contributed by atoms with Gasteiger partial charge in [0.15, 0.2) is 0 Å². The normalized spacial score (nSPS) is 20.1. The lowest BCUT2D eigenvalue weighted by molar-refractivity contribution is 0.0754. The molecule has 2 amide bonds. The number of benzene rings is 3. The molecule has 3 aromatic carbocycles. The first kappa shape index (κ1) is 28.1. The van der Waals surface area contributed by atoms with Crippen LogP contribution in [0.2, 0.25) is 0 Å². The fraction of sp³-hybridized carbons (Fsp3) is 0.455. The van der Waals surface area contributed by atoms with Gasteiger partial charge in [0.25, 0.3) is 5.91 Å². The van der Waals surface area contributed by atoms with E-state index in [0.29, 0.717) is 38.7 Å². The van der Waals surface area contributed by atoms with Crippen molar-refractivity contribution in [1.82, 2.24) is 14.7 Å². The average Bonchev–Trinajstić information content (AvgIpc) is 3.39. The van der Waals surface area contributed by atoms with E-state index in [1.165, 1.54) is 5.56 Å². The summed E-state index contributed by atoms with van der Waals surface area (Å²) < 4.78 is 19.2. The molecule has 2 atom stereocenters. The summed E-state index contributed by atoms with van der Waals surface area (Å²) >= 11 is 0. The van der Waals surface area contributed by atoms with Crippen LogP contribution in [0, 0.1) is 17.7 Å². The molecule has 2 aliphatic heterocycles. The summed E-state index contributed by atoms with van der Waals surface area (Å²) in [5.41, 5.74) is 1.92. The van der Waals surface area contributed by atoms with E-state index in [-0.39, 0.29) is 29.7 Å². The number of carbonyl (C=O) groups excluding carboxylic acids is 2. The van der Waals surface area contributed by atoms with Gasteiger partial charge in [-0.3, -0.25) is 4.79 Å². The van der Waals surface area contributed by atoms with E-state index in [4.69, 9.17) is 4.74 Å². The van der Waals surface area contributed by atoms with Gasteiger partial charge in [-0.25, -0.2) is 9.18 Å². The monoisotopic (exact) mass is 545 g/mol. The maximum absolute atomic E-state index is 13.8. The number of hydrogen-bond donors (Lipinski definition) is 0. The summed E-state index contributed by atoms with van der Waals surface area (Å²) in [4.78, 5) is 32.5. The number of fused-ring (bicyclic) bond motifs is 1. The molecule has 2 saturated heterocycles. The highest BCUT2D eigenvalue weighted by Crippen LogP contribution is 2.32. The molecule has 2 heterocycles. The Morgan fingerprint density at radius 2 is 1.57 bits per heavy atom. The Labute approximate surface area is 236 Å². The molecule has 7 heteroatoms. The highest BCUT2D eigenvalue weighted by molar-refractivity contribution is 6.07. The van der Waals surface area contributed by atoms with E-state index in [0.717, 1.165) is 48.8 Å². The highest BCUT2D eigenvalue weighted by atomic mass is 19.1. The Morgan fingerprint density at radius 1 is 0.900 bits per heavy atom. The lowest BCUT2D eigenvalue weighted by atomic mass is 9.88. The van der Waals surface area contributed by atoms with Crippen molar-refractivity contribution in [3.05, 3.63) is 83.7 Å². The third-order valence-electron chi connectivity index (χ3n) is 8.75. The maximum atomic E-state index is 13.8. The lowest BCUT2D eigenvalue weighted by Crippen LogP contribution is -2.40. The van der Waals surface area contributed by atoms with E-state index in [2.05, 4.69) is 4.90 Å². The zero-order chi connectivity index (χ0) is 28.1. The third-order valence-corrected chi connectivity index (χ3v) is 8.75. The molecule has 2 unspecified atom stereocenters. The number of ether oxygens (including phenoxy) is 1. The zero-order valence-electron chi connectivity index (χ0n) is 23.6. The molecule has 6 nitrogen and oxygen atoms in total. The number of carbonyl (C=O) groups is 2. The van der Waals surface area contributed by atoms with Crippen molar-refractivity contribution in [1.29, 1.82) is 0 Å². The molecule has 5 rings (SSSR count). The minimum absolute atomic E-state index is 0.0365. The van der Waals surface area contributed by atoms with Gasteiger partial charge in [-0.1, -0.05) is 48.5 Å². The first-order valence-electron chi connectivity index (χ1n) is 14.6. The molecule has 0 spiro atoms. The van der Waals surface area contributed by atoms with Crippen molar-refractivity contribution in [2.24, 2.45) is 11.8 Å². The van der Waals surface area contributed by atoms with Gasteiger partial charge < -0.3 is 19.4 Å². The quantitative estimate of drug-likeness (QED) is 0.347. The van der Waals surface area contributed by atoms with Gasteiger partial charge >= 0.3 is 6.09 Å². The Bertz CT molecular complexity index is 1300. The maximum Gasteiger partial charge on any atom is 0.409 e. The number of halogens is 1. The topological polar surface area (TPSA) is 53.1 Å². The second-order valence-corrected chi connectivity index (χ2v) is 11.1. The predicted molar refractivity (Wildman–Crippen MR) is 156 cm³/mol. The fourth-order valence-corrected chi connectivity index (χ4v) is 6.35. The van der Waals surface area contributed by atoms with Crippen molar-refractivity contribution in [3.63, 3.8) is 0 Å². The molecule has 40 heavy (non-hydrogen) atoms. The number of nitrogens with zero attached hydrogens (tertiary/aromatic N) is 3. The molecule has 212 valence electrons. The predicted octanol–water partition coefficient (Wildman–Crippen LogP) is 6.03. The molecule has 0 N–H and O–H groups in total. The van der Waals surface area contributed by atoms with E-state index in [9.17, 15) is 14.0 Å². The highest BCUT2D eigenvalue weighted by Gasteiger charge is 2.38. The molecule has 0 aliphatic carbocycles. The Hall–Kier alpha value is -3.45. The Balaban J connectivity index is 1.27. The number of rotatable bonds is 8. The minimum atomic E-state index is -0.289. The van der Waals surface area contributed by atoms with Crippen LogP contribution in [0.15, 0.2) is 66.7 Å². The second kappa shape index (κ2) is 12.8. The number of piperidine rings is 1. The van der Waals surface area contributed by atoms with Crippen molar-refractivity contribution in [2.75, 3.05) is 52.4 Å². The van der Waals surface area contributed by atoms with Crippen LogP contribution in [-0.2, 0) is 4.74 Å². The van der Waals surface area contributed by atoms with Gasteiger partial charge in [0.05, 0.1) is 6.61 Å². The minimum Gasteiger partial charge on any atom is -0.449 e. The van der Waals surface area contributed by atoms with E-state index in [1.54, 1.807) is 17.0 Å². The van der Waals surface area contributed by atoms with Crippen molar-refractivity contribution < 1.29 is 18.7 Å². The van der Waals surface area contributed by atoms with Crippen LogP contribution in [0.1, 0.15) is 48.5 Å². The Morgan fingerprint density at radius 3 is 2.30 bits per heavy atom. The first-order valence-corrected chi connectivity index (χ1v) is 14.6. The summed E-state index contributed by atoms with van der Waals surface area (Å²) in [5.74, 6) is 0.571. The smallest absolute Gasteiger partial charge is 0.409 e. The van der Waals surface area contributed by atoms with Crippen molar-refractivity contribution in [2.45, 2.75) is 32.6 Å². The van der Waals surface area contributed by atoms with Crippen molar-refractivity contribution >= 4 is 22.8 Å². The van der Waals surface area contributed by atoms with Gasteiger partial charge in [0.1, 0.15) is 5.82 Å². The second-order valence-electron chi connectivity index (χ2n) is 11.1. The molecule has 3 aromatic rings. The molecule has 2 fully saturated rings. The average molecular weight is 546 g/mol. The van der Waals surface area contributed by atoms with Crippen LogP contribution in [0.3, 0.4) is 0 Å². The molecule has 2 aliphatic rings. The molecule has 0 aromatic heterocycles. The van der Waals surface area contributed by atoms with Crippen molar-refractivity contribution in [3.8, 4) is 0 Å². The number of likely N-dealkylation sites (tertiary alicyclic amines) is 2. The van der Waals surface area contributed by atoms with Gasteiger partial charge in [-0.2, -0.15) is 0 Å². The van der Waals surface area contributed by atoms with Gasteiger partial charge in [-0.05, 0) is 86.1 Å². The van der Waals surface area contributed by atoms with E-state index >= 15 is 0 Å². The summed E-state index contributed by atoms with van der Waals surface area (Å²) in [6, 6.07) is 20.8. The summed E-state index contributed by atoms with van der Waals surface area (Å²) in [6.45, 7) is 9.43. The van der Waals surface area contributed by atoms with E-state index in [1.807, 2.05) is 73.3 Å². The molecule has 0 radical (unpaired) electrons. The zero-order valence-corrected chi connectivity index (χ0v) is 23.6. The molecular weight excluding hydrogens is 505 g/mol. The summed E-state index contributed by atoms with van der Waals surface area (Å²) in [5, 5.41) is 2.02. The molecule has 0 saturated carbocycles. The Kier molecular flexibility index (Phi) is 9.00. The van der Waals surface area contributed by atoms with Gasteiger partial charge in [0.2, 0.25) is 0 Å².